The van der Waals surface area contributed by atoms with Gasteiger partial charge in [-0.25, -0.2) is 4.99 Å². The van der Waals surface area contributed by atoms with Crippen molar-refractivity contribution in [2.75, 3.05) is 7.05 Å². The first kappa shape index (κ1) is 16.2. The highest BCUT2D eigenvalue weighted by atomic mass is 15.1. The molecular formula is C18H26N2. The minimum Gasteiger partial charge on any atom is -0.361 e. The lowest BCUT2D eigenvalue weighted by Crippen LogP contribution is -2.16. The molecule has 0 aliphatic carbocycles. The molecule has 1 aromatic rings. The van der Waals surface area contributed by atoms with Gasteiger partial charge in [0.25, 0.3) is 0 Å². The molecule has 20 heavy (non-hydrogen) atoms. The van der Waals surface area contributed by atoms with E-state index in [1.54, 1.807) is 0 Å². The molecule has 0 amide bonds. The van der Waals surface area contributed by atoms with Gasteiger partial charge in [0.05, 0.1) is 12.0 Å². The van der Waals surface area contributed by atoms with Crippen LogP contribution in [0.15, 0.2) is 53.2 Å². The van der Waals surface area contributed by atoms with E-state index >= 15 is 0 Å². The van der Waals surface area contributed by atoms with E-state index in [4.69, 9.17) is 0 Å². The van der Waals surface area contributed by atoms with E-state index in [-0.39, 0.29) is 0 Å². The first-order chi connectivity index (χ1) is 9.58. The van der Waals surface area contributed by atoms with Gasteiger partial charge in [-0.2, -0.15) is 0 Å². The number of benzene rings is 1. The highest BCUT2D eigenvalue weighted by Gasteiger charge is 2.01. The summed E-state index contributed by atoms with van der Waals surface area (Å²) in [5.74, 6) is 0. The second-order valence-electron chi connectivity index (χ2n) is 5.02. The molecule has 0 aromatic heterocycles. The van der Waals surface area contributed by atoms with Crippen molar-refractivity contribution in [3.63, 3.8) is 0 Å². The molecule has 0 saturated heterocycles. The summed E-state index contributed by atoms with van der Waals surface area (Å²) in [5, 5.41) is 0. The van der Waals surface area contributed by atoms with Crippen molar-refractivity contribution in [3.05, 3.63) is 59.3 Å². The Morgan fingerprint density at radius 2 is 2.00 bits per heavy atom. The van der Waals surface area contributed by atoms with Crippen LogP contribution in [0.3, 0.4) is 0 Å². The number of nitrogens with zero attached hydrogens (tertiary/aromatic N) is 2. The Kier molecular flexibility index (Phi) is 6.78. The van der Waals surface area contributed by atoms with Crippen molar-refractivity contribution >= 4 is 6.34 Å². The molecule has 1 rings (SSSR count). The summed E-state index contributed by atoms with van der Waals surface area (Å²) in [6.45, 7) is 11.3. The number of aryl methyl sites for hydroxylation is 1. The van der Waals surface area contributed by atoms with Crippen LogP contribution in [0.1, 0.15) is 37.8 Å². The maximum Gasteiger partial charge on any atom is 0.0912 e. The molecule has 0 fully saturated rings. The highest BCUT2D eigenvalue weighted by Crippen LogP contribution is 2.14. The molecule has 2 nitrogen and oxygen atoms in total. The first-order valence-corrected chi connectivity index (χ1v) is 7.25. The van der Waals surface area contributed by atoms with Gasteiger partial charge in [-0.05, 0) is 36.5 Å². The zero-order valence-corrected chi connectivity index (χ0v) is 13.2. The number of hydrogen-bond donors (Lipinski definition) is 0. The van der Waals surface area contributed by atoms with E-state index < -0.39 is 0 Å². The van der Waals surface area contributed by atoms with Crippen LogP contribution in [-0.4, -0.2) is 18.3 Å². The first-order valence-electron chi connectivity index (χ1n) is 7.25. The molecule has 2 heteroatoms. The minimum absolute atomic E-state index is 0.863. The largest absolute Gasteiger partial charge is 0.361 e. The fourth-order valence-electron chi connectivity index (χ4n) is 2.06. The normalized spacial score (nSPS) is 11.9. The maximum absolute atomic E-state index is 4.48. The summed E-state index contributed by atoms with van der Waals surface area (Å²) < 4.78 is 0. The Hall–Kier alpha value is -1.83. The molecule has 1 aromatic carbocycles. The number of rotatable bonds is 7. The van der Waals surface area contributed by atoms with Crippen molar-refractivity contribution in [2.45, 2.75) is 40.2 Å². The van der Waals surface area contributed by atoms with Crippen LogP contribution < -0.4 is 0 Å². The third-order valence-corrected chi connectivity index (χ3v) is 3.29. The maximum atomic E-state index is 4.48. The van der Waals surface area contributed by atoms with Gasteiger partial charge in [0.15, 0.2) is 0 Å². The summed E-state index contributed by atoms with van der Waals surface area (Å²) in [5.41, 5.74) is 4.73. The minimum atomic E-state index is 0.863. The van der Waals surface area contributed by atoms with Gasteiger partial charge >= 0.3 is 0 Å². The van der Waals surface area contributed by atoms with Gasteiger partial charge in [0.2, 0.25) is 0 Å². The monoisotopic (exact) mass is 270 g/mol. The lowest BCUT2D eigenvalue weighted by Gasteiger charge is -2.15. The Morgan fingerprint density at radius 3 is 2.60 bits per heavy atom. The third-order valence-electron chi connectivity index (χ3n) is 3.29. The van der Waals surface area contributed by atoms with Crippen molar-refractivity contribution in [2.24, 2.45) is 4.99 Å². The van der Waals surface area contributed by atoms with Gasteiger partial charge in [0, 0.05) is 13.6 Å². The fraction of sp³-hybridized carbons (Fsp3) is 0.389. The summed E-state index contributed by atoms with van der Waals surface area (Å²) in [6, 6.07) is 8.44. The van der Waals surface area contributed by atoms with E-state index in [9.17, 15) is 0 Å². The molecule has 0 aliphatic heterocycles. The third kappa shape index (κ3) is 5.04. The Balaban J connectivity index is 2.64. The molecule has 0 saturated carbocycles. The van der Waals surface area contributed by atoms with Gasteiger partial charge in [-0.3, -0.25) is 0 Å². The molecule has 108 valence electrons. The standard InChI is InChI=1S/C18H26N2/c1-6-10-17(7-2)16(4)19-14-20(5)13-18-12-9-8-11-15(18)3/h8-12,14H,4,6-7,13H2,1-3,5H3/b17-10-,19-14-. The van der Waals surface area contributed by atoms with Crippen LogP contribution in [-0.2, 0) is 6.54 Å². The van der Waals surface area contributed by atoms with E-state index in [0.717, 1.165) is 25.1 Å². The summed E-state index contributed by atoms with van der Waals surface area (Å²) in [6.07, 6.45) is 6.07. The second kappa shape index (κ2) is 8.36. The lowest BCUT2D eigenvalue weighted by molar-refractivity contribution is 0.514. The van der Waals surface area contributed by atoms with Crippen LogP contribution >= 0.6 is 0 Å². The van der Waals surface area contributed by atoms with E-state index in [1.165, 1.54) is 16.7 Å². The van der Waals surface area contributed by atoms with Gasteiger partial charge < -0.3 is 4.90 Å². The van der Waals surface area contributed by atoms with Crippen LogP contribution in [0, 0.1) is 6.92 Å². The molecule has 0 heterocycles. The molecule has 0 spiro atoms. The number of allylic oxidation sites excluding steroid dienone is 2. The quantitative estimate of drug-likeness (QED) is 0.398. The van der Waals surface area contributed by atoms with Gasteiger partial charge in [0.1, 0.15) is 0 Å². The van der Waals surface area contributed by atoms with Crippen molar-refractivity contribution < 1.29 is 0 Å². The van der Waals surface area contributed by atoms with Gasteiger partial charge in [-0.15, -0.1) is 0 Å². The molecule has 0 aliphatic rings. The molecule has 0 bridgehead atoms. The fourth-order valence-corrected chi connectivity index (χ4v) is 2.06. The molecule has 0 unspecified atom stereocenters. The van der Waals surface area contributed by atoms with E-state index in [1.807, 2.05) is 13.4 Å². The van der Waals surface area contributed by atoms with Crippen LogP contribution in [0.4, 0.5) is 0 Å². The summed E-state index contributed by atoms with van der Waals surface area (Å²) in [4.78, 5) is 6.57. The Bertz CT molecular complexity index is 498. The van der Waals surface area contributed by atoms with Gasteiger partial charge in [-0.1, -0.05) is 50.8 Å². The zero-order chi connectivity index (χ0) is 15.0. The Labute approximate surface area is 123 Å². The SMILES string of the molecule is C=C(/N=C\N(C)Cc1ccccc1C)/C(=C\CC)CC. The van der Waals surface area contributed by atoms with Crippen molar-refractivity contribution in [1.82, 2.24) is 4.90 Å². The highest BCUT2D eigenvalue weighted by molar-refractivity contribution is 5.58. The van der Waals surface area contributed by atoms with E-state index in [0.29, 0.717) is 0 Å². The Morgan fingerprint density at radius 1 is 1.30 bits per heavy atom. The second-order valence-corrected chi connectivity index (χ2v) is 5.02. The number of aliphatic imine (C=N–C) groups is 1. The average molecular weight is 270 g/mol. The predicted molar refractivity (Wildman–Crippen MR) is 88.9 cm³/mol. The van der Waals surface area contributed by atoms with E-state index in [2.05, 4.69) is 67.6 Å². The zero-order valence-electron chi connectivity index (χ0n) is 13.2. The van der Waals surface area contributed by atoms with Crippen LogP contribution in [0.25, 0.3) is 0 Å². The van der Waals surface area contributed by atoms with Crippen molar-refractivity contribution in [3.8, 4) is 0 Å². The van der Waals surface area contributed by atoms with Crippen LogP contribution in [0.2, 0.25) is 0 Å². The number of hydrogen-bond acceptors (Lipinski definition) is 1. The predicted octanol–water partition coefficient (Wildman–Crippen LogP) is 4.72. The van der Waals surface area contributed by atoms with Crippen molar-refractivity contribution in [1.29, 1.82) is 0 Å². The summed E-state index contributed by atoms with van der Waals surface area (Å²) in [7, 11) is 2.04. The molecule has 0 N–H and O–H groups in total. The molecular weight excluding hydrogens is 244 g/mol. The summed E-state index contributed by atoms with van der Waals surface area (Å²) >= 11 is 0. The molecule has 0 atom stereocenters. The molecule has 0 radical (unpaired) electrons. The van der Waals surface area contributed by atoms with Crippen LogP contribution in [0.5, 0.6) is 0 Å². The topological polar surface area (TPSA) is 15.6 Å². The smallest absolute Gasteiger partial charge is 0.0912 e. The average Bonchev–Trinajstić information content (AvgIpc) is 2.44. The lowest BCUT2D eigenvalue weighted by atomic mass is 10.1.